The van der Waals surface area contributed by atoms with Crippen LogP contribution in [-0.2, 0) is 0 Å². The lowest BCUT2D eigenvalue weighted by Gasteiger charge is -2.08. The van der Waals surface area contributed by atoms with Gasteiger partial charge in [-0.3, -0.25) is 4.98 Å². The van der Waals surface area contributed by atoms with Crippen molar-refractivity contribution in [3.8, 4) is 16.9 Å². The van der Waals surface area contributed by atoms with Gasteiger partial charge in [0, 0.05) is 35.6 Å². The Balaban J connectivity index is 2.04. The molecular weight excluding hydrogens is 295 g/mol. The fourth-order valence-electron chi connectivity index (χ4n) is 2.70. The minimum absolute atomic E-state index is 0.187. The average molecular weight is 308 g/mol. The highest BCUT2D eigenvalue weighted by Gasteiger charge is 2.14. The van der Waals surface area contributed by atoms with Crippen LogP contribution in [0.15, 0.2) is 43.0 Å². The average Bonchev–Trinajstić information content (AvgIpc) is 2.96. The highest BCUT2D eigenvalue weighted by atomic mass is 19.1. The summed E-state index contributed by atoms with van der Waals surface area (Å²) in [4.78, 5) is 8.70. The third-order valence-electron chi connectivity index (χ3n) is 3.79. The third-order valence-corrected chi connectivity index (χ3v) is 3.79. The molecule has 0 radical (unpaired) electrons. The normalized spacial score (nSPS) is 11.3. The van der Waals surface area contributed by atoms with Crippen LogP contribution in [0.2, 0.25) is 0 Å². The van der Waals surface area contributed by atoms with Gasteiger partial charge in [0.15, 0.2) is 17.2 Å². The molecule has 0 atom stereocenters. The molecular formula is C17H13FN4O. The number of aromatic nitrogens is 4. The van der Waals surface area contributed by atoms with Gasteiger partial charge in [0.2, 0.25) is 0 Å². The van der Waals surface area contributed by atoms with Crippen LogP contribution >= 0.6 is 0 Å². The molecule has 0 bridgehead atoms. The van der Waals surface area contributed by atoms with Crippen molar-refractivity contribution in [1.29, 1.82) is 0 Å². The summed E-state index contributed by atoms with van der Waals surface area (Å²) in [6.07, 6.45) is 7.12. The lowest BCUT2D eigenvalue weighted by molar-refractivity contribution is 0.387. The van der Waals surface area contributed by atoms with Gasteiger partial charge >= 0.3 is 0 Å². The molecule has 0 saturated carbocycles. The van der Waals surface area contributed by atoms with Crippen molar-refractivity contribution in [2.75, 3.05) is 7.11 Å². The molecule has 0 aliphatic heterocycles. The van der Waals surface area contributed by atoms with E-state index in [4.69, 9.17) is 4.74 Å². The molecule has 6 heteroatoms. The van der Waals surface area contributed by atoms with Crippen LogP contribution in [-0.4, -0.2) is 26.7 Å². The molecule has 0 saturated heterocycles. The fraction of sp³-hybridized carbons (Fsp3) is 0.118. The number of benzene rings is 1. The Bertz CT molecular complexity index is 1040. The van der Waals surface area contributed by atoms with E-state index in [2.05, 4.69) is 15.1 Å². The lowest BCUT2D eigenvalue weighted by atomic mass is 10.0. The zero-order valence-corrected chi connectivity index (χ0v) is 12.6. The number of halogens is 1. The first kappa shape index (κ1) is 13.6. The Morgan fingerprint density at radius 2 is 2.00 bits per heavy atom. The topological polar surface area (TPSA) is 52.3 Å². The Morgan fingerprint density at radius 3 is 2.83 bits per heavy atom. The van der Waals surface area contributed by atoms with Crippen LogP contribution in [0.4, 0.5) is 4.39 Å². The minimum Gasteiger partial charge on any atom is -0.494 e. The summed E-state index contributed by atoms with van der Waals surface area (Å²) in [5.74, 6) is -0.245. The van der Waals surface area contributed by atoms with E-state index in [-0.39, 0.29) is 5.75 Å². The summed E-state index contributed by atoms with van der Waals surface area (Å²) in [5, 5.41) is 5.15. The molecule has 0 spiro atoms. The third kappa shape index (κ3) is 2.11. The van der Waals surface area contributed by atoms with Crippen molar-refractivity contribution in [1.82, 2.24) is 19.6 Å². The maximum atomic E-state index is 13.9. The van der Waals surface area contributed by atoms with Crippen LogP contribution in [0.3, 0.4) is 0 Å². The number of ether oxygens (including phenoxy) is 1. The van der Waals surface area contributed by atoms with E-state index in [1.54, 1.807) is 29.2 Å². The quantitative estimate of drug-likeness (QED) is 0.569. The standard InChI is InChI=1S/C17H13FN4O/c1-10-7-20-17-13(8-21-22(17)9-10)11-3-4-19-15-6-14(18)16(23-2)5-12(11)15/h3-9H,1-2H3. The van der Waals surface area contributed by atoms with E-state index in [1.165, 1.54) is 13.2 Å². The Hall–Kier alpha value is -3.02. The molecule has 3 aromatic heterocycles. The first-order valence-electron chi connectivity index (χ1n) is 7.10. The van der Waals surface area contributed by atoms with Gasteiger partial charge in [0.05, 0.1) is 18.8 Å². The fourth-order valence-corrected chi connectivity index (χ4v) is 2.70. The number of methoxy groups -OCH3 is 1. The van der Waals surface area contributed by atoms with Gasteiger partial charge in [0.1, 0.15) is 0 Å². The molecule has 0 fully saturated rings. The molecule has 0 amide bonds. The van der Waals surface area contributed by atoms with Gasteiger partial charge in [-0.15, -0.1) is 0 Å². The number of hydrogen-bond acceptors (Lipinski definition) is 4. The van der Waals surface area contributed by atoms with Crippen molar-refractivity contribution in [3.63, 3.8) is 0 Å². The molecule has 23 heavy (non-hydrogen) atoms. The number of pyridine rings is 1. The first-order chi connectivity index (χ1) is 11.2. The molecule has 0 aliphatic rings. The lowest BCUT2D eigenvalue weighted by Crippen LogP contribution is -1.93. The number of rotatable bonds is 2. The van der Waals surface area contributed by atoms with Crippen molar-refractivity contribution >= 4 is 16.6 Å². The summed E-state index contributed by atoms with van der Waals surface area (Å²) < 4.78 is 20.7. The van der Waals surface area contributed by atoms with Gasteiger partial charge in [0.25, 0.3) is 0 Å². The van der Waals surface area contributed by atoms with E-state index in [1.807, 2.05) is 19.2 Å². The smallest absolute Gasteiger partial charge is 0.167 e. The number of nitrogens with zero attached hydrogens (tertiary/aromatic N) is 4. The van der Waals surface area contributed by atoms with Crippen molar-refractivity contribution in [3.05, 3.63) is 54.4 Å². The Kier molecular flexibility index (Phi) is 2.97. The largest absolute Gasteiger partial charge is 0.494 e. The molecule has 0 N–H and O–H groups in total. The summed E-state index contributed by atoms with van der Waals surface area (Å²) in [6.45, 7) is 1.96. The summed E-state index contributed by atoms with van der Waals surface area (Å²) in [6, 6.07) is 4.91. The van der Waals surface area contributed by atoms with Crippen LogP contribution in [0.1, 0.15) is 5.56 Å². The van der Waals surface area contributed by atoms with Crippen molar-refractivity contribution < 1.29 is 9.13 Å². The zero-order chi connectivity index (χ0) is 16.0. The summed E-state index contributed by atoms with van der Waals surface area (Å²) >= 11 is 0. The maximum Gasteiger partial charge on any atom is 0.167 e. The predicted octanol–water partition coefficient (Wildman–Crippen LogP) is 3.40. The van der Waals surface area contributed by atoms with Crippen LogP contribution < -0.4 is 4.74 Å². The SMILES string of the molecule is COc1cc2c(-c3cnn4cc(C)cnc34)ccnc2cc1F. The number of fused-ring (bicyclic) bond motifs is 2. The van der Waals surface area contributed by atoms with Crippen LogP contribution in [0.5, 0.6) is 5.75 Å². The molecule has 3 heterocycles. The molecule has 4 aromatic rings. The molecule has 5 nitrogen and oxygen atoms in total. The second kappa shape index (κ2) is 5.01. The Labute approximate surface area is 131 Å². The zero-order valence-electron chi connectivity index (χ0n) is 12.6. The molecule has 4 rings (SSSR count). The van der Waals surface area contributed by atoms with Gasteiger partial charge in [-0.25, -0.2) is 13.9 Å². The maximum absolute atomic E-state index is 13.9. The van der Waals surface area contributed by atoms with E-state index in [0.717, 1.165) is 27.7 Å². The van der Waals surface area contributed by atoms with Gasteiger partial charge < -0.3 is 4.74 Å². The van der Waals surface area contributed by atoms with E-state index >= 15 is 0 Å². The van der Waals surface area contributed by atoms with Crippen molar-refractivity contribution in [2.45, 2.75) is 6.92 Å². The van der Waals surface area contributed by atoms with Gasteiger partial charge in [-0.05, 0) is 30.2 Å². The van der Waals surface area contributed by atoms with Crippen molar-refractivity contribution in [2.24, 2.45) is 0 Å². The second-order valence-corrected chi connectivity index (χ2v) is 5.32. The molecule has 114 valence electrons. The highest BCUT2D eigenvalue weighted by Crippen LogP contribution is 2.33. The summed E-state index contributed by atoms with van der Waals surface area (Å²) in [7, 11) is 1.44. The molecule has 0 unspecified atom stereocenters. The van der Waals surface area contributed by atoms with E-state index in [0.29, 0.717) is 5.52 Å². The van der Waals surface area contributed by atoms with Gasteiger partial charge in [-0.1, -0.05) is 0 Å². The Morgan fingerprint density at radius 1 is 1.13 bits per heavy atom. The van der Waals surface area contributed by atoms with E-state index in [9.17, 15) is 4.39 Å². The number of aryl methyl sites for hydroxylation is 1. The summed E-state index contributed by atoms with van der Waals surface area (Å²) in [5.41, 5.74) is 4.08. The van der Waals surface area contributed by atoms with Crippen LogP contribution in [0, 0.1) is 12.7 Å². The van der Waals surface area contributed by atoms with Crippen LogP contribution in [0.25, 0.3) is 27.7 Å². The second-order valence-electron chi connectivity index (χ2n) is 5.32. The molecule has 0 aliphatic carbocycles. The van der Waals surface area contributed by atoms with Gasteiger partial charge in [-0.2, -0.15) is 5.10 Å². The first-order valence-corrected chi connectivity index (χ1v) is 7.10. The number of hydrogen-bond donors (Lipinski definition) is 0. The van der Waals surface area contributed by atoms with E-state index < -0.39 is 5.82 Å². The minimum atomic E-state index is -0.432. The monoisotopic (exact) mass is 308 g/mol. The molecule has 1 aromatic carbocycles. The predicted molar refractivity (Wildman–Crippen MR) is 85.0 cm³/mol. The highest BCUT2D eigenvalue weighted by molar-refractivity contribution is 5.98.